The molecule has 1 aliphatic carbocycles. The zero-order chi connectivity index (χ0) is 20.0. The van der Waals surface area contributed by atoms with Crippen LogP contribution in [0.3, 0.4) is 0 Å². The lowest BCUT2D eigenvalue weighted by molar-refractivity contribution is -0.191. The Morgan fingerprint density at radius 3 is 2.27 bits per heavy atom. The van der Waals surface area contributed by atoms with E-state index in [4.69, 9.17) is 4.74 Å². The van der Waals surface area contributed by atoms with E-state index in [0.29, 0.717) is 0 Å². The van der Waals surface area contributed by atoms with E-state index >= 15 is 0 Å². The van der Waals surface area contributed by atoms with Gasteiger partial charge in [-0.25, -0.2) is 9.59 Å². The van der Waals surface area contributed by atoms with Gasteiger partial charge < -0.3 is 19.9 Å². The summed E-state index contributed by atoms with van der Waals surface area (Å²) in [7, 11) is 0. The molecule has 0 aromatic rings. The van der Waals surface area contributed by atoms with Crippen molar-refractivity contribution in [3.63, 3.8) is 0 Å². The number of halogens is 2. The van der Waals surface area contributed by atoms with Crippen LogP contribution >= 0.6 is 0 Å². The predicted octanol–water partition coefficient (Wildman–Crippen LogP) is 3.41. The van der Waals surface area contributed by atoms with E-state index in [1.165, 1.54) is 6.92 Å². The molecule has 1 amide bonds. The van der Waals surface area contributed by atoms with Gasteiger partial charge in [-0.15, -0.1) is 0 Å². The van der Waals surface area contributed by atoms with Crippen molar-refractivity contribution in [3.8, 4) is 0 Å². The maximum atomic E-state index is 14.3. The van der Waals surface area contributed by atoms with Gasteiger partial charge in [-0.1, -0.05) is 32.1 Å². The fraction of sp³-hybridized carbons (Fsp3) is 0.889. The number of alkyl halides is 2. The maximum absolute atomic E-state index is 14.3. The number of alkyl carbamates (subject to hydrolysis) is 1. The highest BCUT2D eigenvalue weighted by Gasteiger charge is 2.52. The quantitative estimate of drug-likeness (QED) is 0.662. The minimum Gasteiger partial charge on any atom is -0.461 e. The van der Waals surface area contributed by atoms with Gasteiger partial charge >= 0.3 is 18.0 Å². The first-order valence-corrected chi connectivity index (χ1v) is 9.20. The number of carbonyl (C=O) groups is 2. The van der Waals surface area contributed by atoms with Gasteiger partial charge in [-0.2, -0.15) is 8.78 Å². The normalized spacial score (nSPS) is 18.7. The van der Waals surface area contributed by atoms with Crippen molar-refractivity contribution in [2.24, 2.45) is 5.92 Å². The van der Waals surface area contributed by atoms with E-state index in [9.17, 15) is 23.5 Å². The third-order valence-corrected chi connectivity index (χ3v) is 4.31. The summed E-state index contributed by atoms with van der Waals surface area (Å²) in [6.07, 6.45) is 1.57. The number of amides is 1. The van der Waals surface area contributed by atoms with Crippen molar-refractivity contribution in [1.29, 1.82) is 0 Å². The molecule has 1 rings (SSSR count). The molecule has 0 spiro atoms. The Balaban J connectivity index is 2.90. The molecule has 0 aromatic heterocycles. The van der Waals surface area contributed by atoms with E-state index in [2.05, 4.69) is 10.1 Å². The monoisotopic (exact) mass is 379 g/mol. The summed E-state index contributed by atoms with van der Waals surface area (Å²) in [5, 5.41) is 12.5. The number of carbonyl (C=O) groups excluding carboxylic acids is 2. The number of ether oxygens (including phenoxy) is 2. The third-order valence-electron chi connectivity index (χ3n) is 4.31. The number of esters is 1. The van der Waals surface area contributed by atoms with Crippen LogP contribution in [-0.4, -0.2) is 47.4 Å². The van der Waals surface area contributed by atoms with Crippen molar-refractivity contribution in [2.75, 3.05) is 6.61 Å². The van der Waals surface area contributed by atoms with Crippen molar-refractivity contribution < 1.29 is 33.0 Å². The summed E-state index contributed by atoms with van der Waals surface area (Å²) < 4.78 is 38.0. The number of hydrogen-bond donors (Lipinski definition) is 2. The highest BCUT2D eigenvalue weighted by atomic mass is 19.3. The van der Waals surface area contributed by atoms with E-state index < -0.39 is 35.7 Å². The number of aliphatic hydroxyl groups excluding tert-OH is 1. The number of nitrogens with one attached hydrogen (secondary N) is 1. The van der Waals surface area contributed by atoms with Crippen LogP contribution in [0, 0.1) is 5.92 Å². The minimum absolute atomic E-state index is 0.0938. The minimum atomic E-state index is -4.12. The highest BCUT2D eigenvalue weighted by Crippen LogP contribution is 2.31. The molecule has 0 heterocycles. The zero-order valence-corrected chi connectivity index (χ0v) is 16.0. The van der Waals surface area contributed by atoms with Gasteiger partial charge in [0, 0.05) is 0 Å². The van der Waals surface area contributed by atoms with Gasteiger partial charge in [0.1, 0.15) is 11.7 Å². The van der Waals surface area contributed by atoms with E-state index in [1.807, 2.05) is 0 Å². The van der Waals surface area contributed by atoms with Crippen LogP contribution in [0.15, 0.2) is 0 Å². The second-order valence-corrected chi connectivity index (χ2v) is 7.78. The highest BCUT2D eigenvalue weighted by molar-refractivity contribution is 5.78. The molecule has 0 bridgehead atoms. The summed E-state index contributed by atoms with van der Waals surface area (Å²) in [6, 6.07) is -1.31. The molecule has 1 aliphatic rings. The molecule has 152 valence electrons. The van der Waals surface area contributed by atoms with Crippen LogP contribution in [0.5, 0.6) is 0 Å². The summed E-state index contributed by atoms with van der Waals surface area (Å²) in [4.78, 5) is 23.6. The van der Waals surface area contributed by atoms with Crippen LogP contribution in [0.1, 0.15) is 66.2 Å². The molecule has 2 atom stereocenters. The van der Waals surface area contributed by atoms with Gasteiger partial charge in [-0.3, -0.25) is 0 Å². The molecule has 0 radical (unpaired) electrons. The van der Waals surface area contributed by atoms with Gasteiger partial charge in [0.25, 0.3) is 0 Å². The van der Waals surface area contributed by atoms with Gasteiger partial charge in [-0.05, 0) is 40.0 Å². The molecular formula is C18H31F2NO5. The fourth-order valence-corrected chi connectivity index (χ4v) is 3.11. The van der Waals surface area contributed by atoms with Gasteiger partial charge in [0.05, 0.1) is 12.6 Å². The number of hydrogen-bond acceptors (Lipinski definition) is 5. The summed E-state index contributed by atoms with van der Waals surface area (Å²) in [5.41, 5.74) is -0.811. The standard InChI is InChI=1S/C18H31F2NO5/c1-5-25-15(23)18(19,20)14(22)13(11-12-9-7-6-8-10-12)21-16(24)26-17(2,3)4/h12-14,22H,5-11H2,1-4H3,(H,21,24)/t13-,14-/m0/s1. The molecule has 6 nitrogen and oxygen atoms in total. The summed E-state index contributed by atoms with van der Waals surface area (Å²) >= 11 is 0. The topological polar surface area (TPSA) is 84.9 Å². The van der Waals surface area contributed by atoms with Crippen molar-refractivity contribution >= 4 is 12.1 Å². The Morgan fingerprint density at radius 2 is 1.77 bits per heavy atom. The van der Waals surface area contributed by atoms with Crippen molar-refractivity contribution in [2.45, 2.75) is 89.9 Å². The van der Waals surface area contributed by atoms with Crippen LogP contribution in [0.25, 0.3) is 0 Å². The van der Waals surface area contributed by atoms with E-state index in [-0.39, 0.29) is 18.9 Å². The Labute approximate surface area is 153 Å². The average Bonchev–Trinajstić information content (AvgIpc) is 2.53. The third kappa shape index (κ3) is 7.05. The molecule has 1 saturated carbocycles. The first-order chi connectivity index (χ1) is 12.0. The Bertz CT molecular complexity index is 473. The first kappa shape index (κ1) is 22.6. The van der Waals surface area contributed by atoms with Crippen LogP contribution in [0.4, 0.5) is 13.6 Å². The molecule has 26 heavy (non-hydrogen) atoms. The molecule has 1 fully saturated rings. The molecule has 0 aromatic carbocycles. The van der Waals surface area contributed by atoms with Crippen LogP contribution in [-0.2, 0) is 14.3 Å². The maximum Gasteiger partial charge on any atom is 0.407 e. The molecular weight excluding hydrogens is 348 g/mol. The van der Waals surface area contributed by atoms with E-state index in [1.54, 1.807) is 20.8 Å². The zero-order valence-electron chi connectivity index (χ0n) is 16.0. The Kier molecular flexibility index (Phi) is 8.24. The van der Waals surface area contributed by atoms with Gasteiger partial charge in [0.2, 0.25) is 0 Å². The smallest absolute Gasteiger partial charge is 0.407 e. The molecule has 2 N–H and O–H groups in total. The average molecular weight is 379 g/mol. The van der Waals surface area contributed by atoms with Gasteiger partial charge in [0.15, 0.2) is 0 Å². The molecule has 0 aliphatic heterocycles. The SMILES string of the molecule is CCOC(=O)C(F)(F)[C@@H](O)[C@H](CC1CCCCC1)NC(=O)OC(C)(C)C. The second kappa shape index (κ2) is 9.48. The summed E-state index contributed by atoms with van der Waals surface area (Å²) in [5.74, 6) is -5.83. The molecule has 8 heteroatoms. The van der Waals surface area contributed by atoms with Crippen molar-refractivity contribution in [3.05, 3.63) is 0 Å². The van der Waals surface area contributed by atoms with Crippen LogP contribution in [0.2, 0.25) is 0 Å². The fourth-order valence-electron chi connectivity index (χ4n) is 3.11. The lowest BCUT2D eigenvalue weighted by Gasteiger charge is -2.33. The van der Waals surface area contributed by atoms with Crippen LogP contribution < -0.4 is 5.32 Å². The Hall–Kier alpha value is -1.44. The summed E-state index contributed by atoms with van der Waals surface area (Å²) in [6.45, 7) is 6.11. The number of aliphatic hydroxyl groups is 1. The molecule has 0 saturated heterocycles. The lowest BCUT2D eigenvalue weighted by Crippen LogP contribution is -2.56. The largest absolute Gasteiger partial charge is 0.461 e. The lowest BCUT2D eigenvalue weighted by atomic mass is 9.83. The van der Waals surface area contributed by atoms with E-state index in [0.717, 1.165) is 32.1 Å². The Morgan fingerprint density at radius 1 is 1.19 bits per heavy atom. The first-order valence-electron chi connectivity index (χ1n) is 9.20. The predicted molar refractivity (Wildman–Crippen MR) is 91.9 cm³/mol. The molecule has 0 unspecified atom stereocenters. The second-order valence-electron chi connectivity index (χ2n) is 7.78. The number of rotatable bonds is 7. The van der Waals surface area contributed by atoms with Crippen molar-refractivity contribution in [1.82, 2.24) is 5.32 Å².